The van der Waals surface area contributed by atoms with Crippen molar-refractivity contribution in [1.29, 1.82) is 0 Å². The van der Waals surface area contributed by atoms with Gasteiger partial charge in [-0.1, -0.05) is 0 Å². The van der Waals surface area contributed by atoms with Crippen LogP contribution in [0.3, 0.4) is 0 Å². The van der Waals surface area contributed by atoms with Crippen LogP contribution in [0.15, 0.2) is 33.2 Å². The van der Waals surface area contributed by atoms with Gasteiger partial charge in [-0.05, 0) is 31.9 Å². The van der Waals surface area contributed by atoms with Crippen molar-refractivity contribution in [3.63, 3.8) is 0 Å². The number of ether oxygens (including phenoxy) is 1. The number of guanidine groups is 1. The minimum absolute atomic E-state index is 0.524. The maximum Gasteiger partial charge on any atom is 0.190 e. The number of aromatic nitrogens is 1. The van der Waals surface area contributed by atoms with Gasteiger partial charge < -0.3 is 19.8 Å². The van der Waals surface area contributed by atoms with Crippen molar-refractivity contribution in [2.24, 2.45) is 4.99 Å². The highest BCUT2D eigenvalue weighted by atomic mass is 32.1. The third-order valence-corrected chi connectivity index (χ3v) is 4.36. The van der Waals surface area contributed by atoms with Gasteiger partial charge in [-0.25, -0.2) is 4.98 Å². The Kier molecular flexibility index (Phi) is 8.34. The lowest BCUT2D eigenvalue weighted by Crippen LogP contribution is -2.38. The van der Waals surface area contributed by atoms with Crippen molar-refractivity contribution in [3.05, 3.63) is 40.2 Å². The van der Waals surface area contributed by atoms with Crippen LogP contribution in [0.2, 0.25) is 0 Å². The number of nitrogens with one attached hydrogen (secondary N) is 2. The molecular formula is C17H26N4O2S. The SMILES string of the molecule is CN=C(NCCCOCc1ccco1)NCCCc1nc(C)cs1. The highest BCUT2D eigenvalue weighted by molar-refractivity contribution is 7.09. The first-order valence-electron chi connectivity index (χ1n) is 8.23. The molecule has 0 unspecified atom stereocenters. The number of hydrogen-bond acceptors (Lipinski definition) is 5. The van der Waals surface area contributed by atoms with Gasteiger partial charge >= 0.3 is 0 Å². The number of hydrogen-bond donors (Lipinski definition) is 2. The molecular weight excluding hydrogens is 324 g/mol. The molecule has 132 valence electrons. The Balaban J connectivity index is 1.47. The summed E-state index contributed by atoms with van der Waals surface area (Å²) in [5, 5.41) is 9.90. The third-order valence-electron chi connectivity index (χ3n) is 3.33. The standard InChI is InChI=1S/C17H26N4O2S/c1-14-13-24-16(21-14)7-3-8-19-17(18-2)20-9-5-10-22-12-15-6-4-11-23-15/h4,6,11,13H,3,5,7-10,12H2,1-2H3,(H2,18,19,20). The molecule has 2 rings (SSSR count). The maximum atomic E-state index is 5.54. The summed E-state index contributed by atoms with van der Waals surface area (Å²) in [5.41, 5.74) is 1.11. The first-order valence-corrected chi connectivity index (χ1v) is 9.11. The summed E-state index contributed by atoms with van der Waals surface area (Å²) in [6.07, 6.45) is 4.62. The monoisotopic (exact) mass is 350 g/mol. The molecule has 7 heteroatoms. The highest BCUT2D eigenvalue weighted by Gasteiger charge is 2.00. The molecule has 2 aromatic heterocycles. The van der Waals surface area contributed by atoms with Crippen LogP contribution in [0.4, 0.5) is 0 Å². The number of nitrogens with zero attached hydrogens (tertiary/aromatic N) is 2. The number of thiazole rings is 1. The average molecular weight is 350 g/mol. The molecule has 0 atom stereocenters. The van der Waals surface area contributed by atoms with E-state index in [2.05, 4.69) is 26.0 Å². The van der Waals surface area contributed by atoms with E-state index in [1.807, 2.05) is 19.1 Å². The van der Waals surface area contributed by atoms with Crippen LogP contribution < -0.4 is 10.6 Å². The number of aryl methyl sites for hydroxylation is 2. The number of rotatable bonds is 10. The molecule has 24 heavy (non-hydrogen) atoms. The molecule has 2 N–H and O–H groups in total. The zero-order chi connectivity index (χ0) is 17.0. The van der Waals surface area contributed by atoms with Crippen LogP contribution in [-0.2, 0) is 17.8 Å². The second-order valence-electron chi connectivity index (χ2n) is 5.40. The molecule has 6 nitrogen and oxygen atoms in total. The fourth-order valence-electron chi connectivity index (χ4n) is 2.13. The van der Waals surface area contributed by atoms with E-state index in [1.165, 1.54) is 5.01 Å². The van der Waals surface area contributed by atoms with Crippen LogP contribution in [0.25, 0.3) is 0 Å². The number of furan rings is 1. The quantitative estimate of drug-likeness (QED) is 0.392. The van der Waals surface area contributed by atoms with E-state index < -0.39 is 0 Å². The van der Waals surface area contributed by atoms with E-state index in [-0.39, 0.29) is 0 Å². The van der Waals surface area contributed by atoms with Crippen LogP contribution in [0.5, 0.6) is 0 Å². The first-order chi connectivity index (χ1) is 11.8. The Morgan fingerprint density at radius 1 is 1.33 bits per heavy atom. The van der Waals surface area contributed by atoms with E-state index >= 15 is 0 Å². The highest BCUT2D eigenvalue weighted by Crippen LogP contribution is 2.10. The second kappa shape index (κ2) is 10.8. The molecule has 0 aliphatic heterocycles. The molecule has 0 aliphatic carbocycles. The lowest BCUT2D eigenvalue weighted by molar-refractivity contribution is 0.105. The van der Waals surface area contributed by atoms with Crippen molar-refractivity contribution < 1.29 is 9.15 Å². The van der Waals surface area contributed by atoms with Gasteiger partial charge in [0.05, 0.1) is 11.3 Å². The molecule has 0 radical (unpaired) electrons. The van der Waals surface area contributed by atoms with Crippen LogP contribution in [0.1, 0.15) is 29.3 Å². The molecule has 0 spiro atoms. The Bertz CT molecular complexity index is 596. The van der Waals surface area contributed by atoms with Gasteiger partial charge in [-0.3, -0.25) is 4.99 Å². The van der Waals surface area contributed by atoms with Gasteiger partial charge in [0.15, 0.2) is 5.96 Å². The van der Waals surface area contributed by atoms with Gasteiger partial charge in [0, 0.05) is 44.2 Å². The normalized spacial score (nSPS) is 11.7. The predicted octanol–water partition coefficient (Wildman–Crippen LogP) is 2.75. The predicted molar refractivity (Wildman–Crippen MR) is 97.5 cm³/mol. The zero-order valence-corrected chi connectivity index (χ0v) is 15.2. The second-order valence-corrected chi connectivity index (χ2v) is 6.34. The molecule has 0 amide bonds. The lowest BCUT2D eigenvalue weighted by Gasteiger charge is -2.11. The minimum atomic E-state index is 0.524. The molecule has 0 bridgehead atoms. The fourth-order valence-corrected chi connectivity index (χ4v) is 2.95. The molecule has 0 saturated heterocycles. The largest absolute Gasteiger partial charge is 0.467 e. The Hall–Kier alpha value is -1.86. The van der Waals surface area contributed by atoms with Crippen molar-refractivity contribution in [2.45, 2.75) is 32.8 Å². The average Bonchev–Trinajstić information content (AvgIpc) is 3.24. The zero-order valence-electron chi connectivity index (χ0n) is 14.4. The molecule has 2 aromatic rings. The minimum Gasteiger partial charge on any atom is -0.467 e. The van der Waals surface area contributed by atoms with Gasteiger partial charge in [-0.15, -0.1) is 11.3 Å². The van der Waals surface area contributed by atoms with Gasteiger partial charge in [0.1, 0.15) is 12.4 Å². The molecule has 0 saturated carbocycles. The van der Waals surface area contributed by atoms with Crippen molar-refractivity contribution in [2.75, 3.05) is 26.7 Å². The van der Waals surface area contributed by atoms with Gasteiger partial charge in [-0.2, -0.15) is 0 Å². The molecule has 2 heterocycles. The van der Waals surface area contributed by atoms with E-state index in [4.69, 9.17) is 9.15 Å². The van der Waals surface area contributed by atoms with Gasteiger partial charge in [0.25, 0.3) is 0 Å². The molecule has 0 aromatic carbocycles. The van der Waals surface area contributed by atoms with Crippen molar-refractivity contribution in [3.8, 4) is 0 Å². The number of aliphatic imine (C=N–C) groups is 1. The maximum absolute atomic E-state index is 5.54. The van der Waals surface area contributed by atoms with Gasteiger partial charge in [0.2, 0.25) is 0 Å². The molecule has 0 aliphatic rings. The lowest BCUT2D eigenvalue weighted by atomic mass is 10.3. The van der Waals surface area contributed by atoms with Crippen LogP contribution in [0, 0.1) is 6.92 Å². The Morgan fingerprint density at radius 3 is 2.83 bits per heavy atom. The fraction of sp³-hybridized carbons (Fsp3) is 0.529. The summed E-state index contributed by atoms with van der Waals surface area (Å²) >= 11 is 1.73. The Morgan fingerprint density at radius 2 is 2.17 bits per heavy atom. The summed E-state index contributed by atoms with van der Waals surface area (Å²) in [4.78, 5) is 8.69. The van der Waals surface area contributed by atoms with Crippen molar-refractivity contribution >= 4 is 17.3 Å². The third kappa shape index (κ3) is 7.14. The van der Waals surface area contributed by atoms with E-state index in [9.17, 15) is 0 Å². The summed E-state index contributed by atoms with van der Waals surface area (Å²) in [5.74, 6) is 1.69. The summed E-state index contributed by atoms with van der Waals surface area (Å²) < 4.78 is 10.8. The van der Waals surface area contributed by atoms with Crippen molar-refractivity contribution in [1.82, 2.24) is 15.6 Å². The summed E-state index contributed by atoms with van der Waals surface area (Å²) in [6, 6.07) is 3.78. The summed E-state index contributed by atoms with van der Waals surface area (Å²) in [6.45, 7) is 4.95. The van der Waals surface area contributed by atoms with E-state index in [0.717, 1.165) is 49.8 Å². The Labute approximate surface area is 147 Å². The van der Waals surface area contributed by atoms with Crippen LogP contribution in [-0.4, -0.2) is 37.7 Å². The first kappa shape index (κ1) is 18.5. The van der Waals surface area contributed by atoms with Crippen LogP contribution >= 0.6 is 11.3 Å². The smallest absolute Gasteiger partial charge is 0.190 e. The topological polar surface area (TPSA) is 71.7 Å². The van der Waals surface area contributed by atoms with E-state index in [0.29, 0.717) is 13.2 Å². The van der Waals surface area contributed by atoms with E-state index in [1.54, 1.807) is 24.6 Å². The summed E-state index contributed by atoms with van der Waals surface area (Å²) in [7, 11) is 1.78. The molecule has 0 fully saturated rings.